The first kappa shape index (κ1) is 70.1. The first-order valence-corrected chi connectivity index (χ1v) is 41.8. The second kappa shape index (κ2) is 28.4. The zero-order valence-electron chi connectivity index (χ0n) is 66.6. The highest BCUT2D eigenvalue weighted by Gasteiger charge is 2.25. The van der Waals surface area contributed by atoms with Crippen LogP contribution in [-0.4, -0.2) is 58.1 Å². The molecule has 0 bridgehead atoms. The molecule has 10 aromatic heterocycles. The normalized spacial score (nSPS) is 11.9. The van der Waals surface area contributed by atoms with Crippen molar-refractivity contribution < 1.29 is 0 Å². The minimum Gasteiger partial charge on any atom is -0.309 e. The molecular formula is C112H68N12. The maximum atomic E-state index is 5.15. The summed E-state index contributed by atoms with van der Waals surface area (Å²) < 4.78 is 9.22. The Hall–Kier alpha value is -17.0. The Balaban J connectivity index is 0.000000136. The van der Waals surface area contributed by atoms with Crippen LogP contribution in [0, 0.1) is 0 Å². The first-order chi connectivity index (χ1) is 61.5. The molecule has 0 saturated carbocycles. The van der Waals surface area contributed by atoms with Crippen molar-refractivity contribution >= 4 is 152 Å². The van der Waals surface area contributed by atoms with Gasteiger partial charge in [-0.3, -0.25) is 29.1 Å². The molecule has 0 spiro atoms. The van der Waals surface area contributed by atoms with Crippen LogP contribution in [0.4, 0.5) is 0 Å². The molecule has 0 N–H and O–H groups in total. The number of fused-ring (bicyclic) bond motifs is 24. The molecule has 26 aromatic rings. The minimum absolute atomic E-state index is 0.566. The van der Waals surface area contributed by atoms with E-state index < -0.39 is 0 Å². The molecule has 10 heterocycles. The largest absolute Gasteiger partial charge is 0.309 e. The molecule has 124 heavy (non-hydrogen) atoms. The lowest BCUT2D eigenvalue weighted by Crippen LogP contribution is -2.04. The Morgan fingerprint density at radius 1 is 0.153 bits per heavy atom. The van der Waals surface area contributed by atoms with Gasteiger partial charge in [-0.1, -0.05) is 237 Å². The Bertz CT molecular complexity index is 8620. The van der Waals surface area contributed by atoms with Gasteiger partial charge in [0.1, 0.15) is 0 Å². The third kappa shape index (κ3) is 11.2. The molecule has 0 fully saturated rings. The van der Waals surface area contributed by atoms with Gasteiger partial charge >= 0.3 is 0 Å². The van der Waals surface area contributed by atoms with Crippen molar-refractivity contribution in [2.24, 2.45) is 0 Å². The smallest absolute Gasteiger partial charge is 0.235 e. The van der Waals surface area contributed by atoms with Crippen molar-refractivity contribution in [2.45, 2.75) is 0 Å². The minimum atomic E-state index is 0.566. The molecule has 16 aromatic carbocycles. The molecule has 12 heteroatoms. The molecule has 12 nitrogen and oxygen atoms in total. The summed E-state index contributed by atoms with van der Waals surface area (Å²) in [5.41, 5.74) is 21.7. The number of nitrogens with zero attached hydrogens (tertiary/aromatic N) is 12. The zero-order valence-corrected chi connectivity index (χ0v) is 66.6. The highest BCUT2D eigenvalue weighted by atomic mass is 15.2. The van der Waals surface area contributed by atoms with Crippen LogP contribution in [0.3, 0.4) is 0 Å². The fourth-order valence-corrected chi connectivity index (χ4v) is 19.4. The van der Waals surface area contributed by atoms with Gasteiger partial charge in [-0.25, -0.2) is 19.9 Å². The van der Waals surface area contributed by atoms with Crippen LogP contribution < -0.4 is 0 Å². The Kier molecular flexibility index (Phi) is 16.0. The molecule has 576 valence electrons. The lowest BCUT2D eigenvalue weighted by molar-refractivity contribution is 0.988. The fraction of sp³-hybridized carbons (Fsp3) is 0. The summed E-state index contributed by atoms with van der Waals surface area (Å²) in [4.78, 5) is 39.2. The van der Waals surface area contributed by atoms with Gasteiger partial charge in [-0.2, -0.15) is 0 Å². The zero-order chi connectivity index (χ0) is 81.5. The quantitative estimate of drug-likeness (QED) is 0.124. The van der Waals surface area contributed by atoms with E-state index in [1.54, 1.807) is 24.8 Å². The Labute approximate surface area is 709 Å². The molecular weight excluding hydrogens is 1510 g/mol. The van der Waals surface area contributed by atoms with E-state index in [9.17, 15) is 0 Å². The summed E-state index contributed by atoms with van der Waals surface area (Å²) in [5.74, 6) is 1.13. The van der Waals surface area contributed by atoms with E-state index >= 15 is 0 Å². The topological polar surface area (TPSA) is 123 Å². The summed E-state index contributed by atoms with van der Waals surface area (Å²) in [5, 5.41) is 24.6. The number of para-hydroxylation sites is 4. The Morgan fingerprint density at radius 3 is 0.774 bits per heavy atom. The average Bonchev–Trinajstić information content (AvgIpc) is 1.41. The van der Waals surface area contributed by atoms with E-state index in [0.717, 1.165) is 117 Å². The molecule has 0 unspecified atom stereocenters. The predicted molar refractivity (Wildman–Crippen MR) is 510 cm³/mol. The van der Waals surface area contributed by atoms with Gasteiger partial charge in [-0.05, 0) is 233 Å². The van der Waals surface area contributed by atoms with Crippen molar-refractivity contribution in [3.05, 3.63) is 413 Å². The highest BCUT2D eigenvalue weighted by Crippen LogP contribution is 2.46. The summed E-state index contributed by atoms with van der Waals surface area (Å²) in [6.07, 6.45) is 7.17. The van der Waals surface area contributed by atoms with E-state index in [-0.39, 0.29) is 0 Å². The van der Waals surface area contributed by atoms with Crippen molar-refractivity contribution in [3.8, 4) is 91.1 Å². The fourth-order valence-electron chi connectivity index (χ4n) is 19.4. The molecule has 0 aliphatic rings. The number of rotatable bonds is 10. The average molecular weight is 1580 g/mol. The number of benzene rings is 16. The van der Waals surface area contributed by atoms with Crippen LogP contribution >= 0.6 is 0 Å². The Morgan fingerprint density at radius 2 is 0.419 bits per heavy atom. The number of pyridine rings is 4. The van der Waals surface area contributed by atoms with Gasteiger partial charge in [0, 0.05) is 79.0 Å². The summed E-state index contributed by atoms with van der Waals surface area (Å²) in [6, 6.07) is 138. The van der Waals surface area contributed by atoms with E-state index in [0.29, 0.717) is 11.9 Å². The van der Waals surface area contributed by atoms with Crippen LogP contribution in [0.15, 0.2) is 413 Å². The van der Waals surface area contributed by atoms with Gasteiger partial charge in [-0.15, -0.1) is 0 Å². The lowest BCUT2D eigenvalue weighted by atomic mass is 9.93. The number of aromatic nitrogens is 12. The van der Waals surface area contributed by atoms with Crippen LogP contribution in [0.25, 0.3) is 243 Å². The van der Waals surface area contributed by atoms with Crippen molar-refractivity contribution in [2.75, 3.05) is 0 Å². The molecule has 0 aliphatic heterocycles. The van der Waals surface area contributed by atoms with Crippen molar-refractivity contribution in [1.82, 2.24) is 58.1 Å². The summed E-state index contributed by atoms with van der Waals surface area (Å²) in [7, 11) is 0. The first-order valence-electron chi connectivity index (χ1n) is 41.8. The number of hydrogen-bond acceptors (Lipinski definition) is 8. The van der Waals surface area contributed by atoms with Crippen molar-refractivity contribution in [1.29, 1.82) is 0 Å². The number of hydrogen-bond donors (Lipinski definition) is 0. The van der Waals surface area contributed by atoms with Gasteiger partial charge < -0.3 is 9.13 Å². The molecule has 0 radical (unpaired) electrons. The summed E-state index contributed by atoms with van der Waals surface area (Å²) >= 11 is 0. The monoisotopic (exact) mass is 1580 g/mol. The lowest BCUT2D eigenvalue weighted by Gasteiger charge is -2.16. The predicted octanol–water partition coefficient (Wildman–Crippen LogP) is 27.8. The van der Waals surface area contributed by atoms with Crippen LogP contribution in [0.5, 0.6) is 0 Å². The van der Waals surface area contributed by atoms with Crippen LogP contribution in [-0.2, 0) is 0 Å². The SMILES string of the molecule is c1ccc(-c2cc(-c3ccccn3)nc(-n3c4ccccc4c4cc(-c5ccc6c(c5)c5ccccc5n6-c5ccc6c7ccccc7c7ccccc7c6c5)ccc43)n2)nc1.c1ccc(-c2cc(-c3ccccn3)nc(-n3c4ccccc4c4cc(-c5ccc6c(c5)c5ccccc5n6-c5cccc6c7ccccc7c7ccccc7c56)ccc43)n2)nc1. The molecule has 26 rings (SSSR count). The van der Waals surface area contributed by atoms with Crippen LogP contribution in [0.1, 0.15) is 0 Å². The van der Waals surface area contributed by atoms with E-state index in [1.807, 2.05) is 84.9 Å². The molecule has 0 saturated heterocycles. The molecule has 0 atom stereocenters. The van der Waals surface area contributed by atoms with Gasteiger partial charge in [0.15, 0.2) is 0 Å². The second-order valence-electron chi connectivity index (χ2n) is 31.7. The summed E-state index contributed by atoms with van der Waals surface area (Å²) in [6.45, 7) is 0. The van der Waals surface area contributed by atoms with E-state index in [2.05, 4.69) is 342 Å². The highest BCUT2D eigenvalue weighted by molar-refractivity contribution is 6.29. The maximum absolute atomic E-state index is 5.15. The standard InChI is InChI=1S/2C56H34N6/c1-2-15-39-37(14-1)38-16-3-4-19-42(38)55-43(39)20-13-25-54(55)61-50-23-7-5-17-40(50)44-32-35(26-28-52(44)61)36-27-29-53-45(33-36)41-18-6-8-24-51(41)62(53)56-59-48(46-21-9-11-30-57-46)34-49(60-56)47-22-10-12-31-58-47;1-2-15-40-38(13-1)39-14-3-4-16-41(39)45-33-37(25-26-42(40)45)61-52-21-7-5-17-43(52)46-31-35(23-27-54(46)61)36-24-28-55-47(32-36)44-18-6-8-22-53(44)62(55)56-59-50(48-19-9-11-29-57-48)34-51(60-56)49-20-10-12-30-58-49/h2*1-34H. The van der Waals surface area contributed by atoms with Gasteiger partial charge in [0.25, 0.3) is 0 Å². The maximum Gasteiger partial charge on any atom is 0.235 e. The molecule has 0 amide bonds. The third-order valence-corrected chi connectivity index (χ3v) is 24.9. The molecule has 0 aliphatic carbocycles. The second-order valence-corrected chi connectivity index (χ2v) is 31.7. The van der Waals surface area contributed by atoms with E-state index in [4.69, 9.17) is 19.9 Å². The van der Waals surface area contributed by atoms with Crippen molar-refractivity contribution in [3.63, 3.8) is 0 Å². The van der Waals surface area contributed by atoms with Gasteiger partial charge in [0.05, 0.1) is 95.4 Å². The van der Waals surface area contributed by atoms with E-state index in [1.165, 1.54) is 114 Å². The third-order valence-electron chi connectivity index (χ3n) is 24.9. The van der Waals surface area contributed by atoms with Gasteiger partial charge in [0.2, 0.25) is 11.9 Å². The van der Waals surface area contributed by atoms with Crippen LogP contribution in [0.2, 0.25) is 0 Å².